The number of likely N-dealkylation sites (tertiary alicyclic amines) is 1. The number of likely N-dealkylation sites (N-methyl/N-ethyl adjacent to an activating group) is 1. The molecule has 1 aliphatic rings. The number of hydrogen-bond donors (Lipinski definition) is 0. The standard InChI is InChI=1S/C18H20ClNO/c1-20-11-10-18(21-16-9-5-8-15(19)12-16)17(13-20)14-6-3-2-4-7-14/h2-9,12,17-18H,10-11,13H2,1H3/t17-,18-/m1/s1. The van der Waals surface area contributed by atoms with Crippen LogP contribution in [-0.2, 0) is 0 Å². The molecule has 2 nitrogen and oxygen atoms in total. The summed E-state index contributed by atoms with van der Waals surface area (Å²) in [6.07, 6.45) is 1.23. The first kappa shape index (κ1) is 14.4. The lowest BCUT2D eigenvalue weighted by atomic mass is 9.88. The molecule has 0 radical (unpaired) electrons. The van der Waals surface area contributed by atoms with Crippen LogP contribution in [0.4, 0.5) is 0 Å². The van der Waals surface area contributed by atoms with Crippen molar-refractivity contribution in [2.24, 2.45) is 0 Å². The summed E-state index contributed by atoms with van der Waals surface area (Å²) in [4.78, 5) is 2.37. The van der Waals surface area contributed by atoms with Crippen molar-refractivity contribution in [2.75, 3.05) is 20.1 Å². The second-order valence-electron chi connectivity index (χ2n) is 5.68. The molecule has 3 rings (SSSR count). The maximum absolute atomic E-state index is 6.24. The van der Waals surface area contributed by atoms with Crippen molar-refractivity contribution in [1.29, 1.82) is 0 Å². The largest absolute Gasteiger partial charge is 0.490 e. The molecule has 1 saturated heterocycles. The van der Waals surface area contributed by atoms with Crippen molar-refractivity contribution in [1.82, 2.24) is 4.90 Å². The average molecular weight is 302 g/mol. The molecule has 0 saturated carbocycles. The predicted molar refractivity (Wildman–Crippen MR) is 87.2 cm³/mol. The molecule has 0 aliphatic carbocycles. The molecule has 0 unspecified atom stereocenters. The molecule has 1 heterocycles. The third kappa shape index (κ3) is 3.58. The molecule has 1 aliphatic heterocycles. The summed E-state index contributed by atoms with van der Waals surface area (Å²) in [6, 6.07) is 18.3. The minimum absolute atomic E-state index is 0.196. The third-order valence-corrected chi connectivity index (χ3v) is 4.30. The van der Waals surface area contributed by atoms with Crippen LogP contribution in [0.2, 0.25) is 5.02 Å². The fourth-order valence-corrected chi connectivity index (χ4v) is 3.15. The van der Waals surface area contributed by atoms with Gasteiger partial charge >= 0.3 is 0 Å². The molecular formula is C18H20ClNO. The first-order chi connectivity index (χ1) is 10.2. The van der Waals surface area contributed by atoms with Crippen LogP contribution in [-0.4, -0.2) is 31.1 Å². The van der Waals surface area contributed by atoms with E-state index in [4.69, 9.17) is 16.3 Å². The van der Waals surface area contributed by atoms with Gasteiger partial charge in [-0.1, -0.05) is 48.0 Å². The van der Waals surface area contributed by atoms with E-state index in [0.29, 0.717) is 5.92 Å². The number of piperidine rings is 1. The highest BCUT2D eigenvalue weighted by molar-refractivity contribution is 6.30. The van der Waals surface area contributed by atoms with Gasteiger partial charge in [-0.2, -0.15) is 0 Å². The molecule has 0 N–H and O–H groups in total. The number of halogens is 1. The van der Waals surface area contributed by atoms with Crippen LogP contribution in [0, 0.1) is 0 Å². The first-order valence-electron chi connectivity index (χ1n) is 7.38. The lowest BCUT2D eigenvalue weighted by Gasteiger charge is -2.37. The van der Waals surface area contributed by atoms with Gasteiger partial charge in [-0.05, 0) is 37.2 Å². The maximum Gasteiger partial charge on any atom is 0.121 e. The molecule has 0 bridgehead atoms. The summed E-state index contributed by atoms with van der Waals surface area (Å²) in [7, 11) is 2.17. The fourth-order valence-electron chi connectivity index (χ4n) is 2.97. The summed E-state index contributed by atoms with van der Waals surface area (Å²) < 4.78 is 6.24. The number of hydrogen-bond acceptors (Lipinski definition) is 2. The Morgan fingerprint density at radius 3 is 2.67 bits per heavy atom. The molecule has 110 valence electrons. The van der Waals surface area contributed by atoms with E-state index in [9.17, 15) is 0 Å². The van der Waals surface area contributed by atoms with Crippen LogP contribution in [0.25, 0.3) is 0 Å². The van der Waals surface area contributed by atoms with E-state index in [1.807, 2.05) is 24.3 Å². The molecule has 2 aromatic rings. The average Bonchev–Trinajstić information content (AvgIpc) is 2.50. The number of rotatable bonds is 3. The van der Waals surface area contributed by atoms with Crippen molar-refractivity contribution in [3.8, 4) is 5.75 Å². The maximum atomic E-state index is 6.24. The SMILES string of the molecule is CN1CC[C@@H](Oc2cccc(Cl)c2)[C@@H](c2ccccc2)C1. The monoisotopic (exact) mass is 301 g/mol. The Hall–Kier alpha value is -1.51. The van der Waals surface area contributed by atoms with E-state index < -0.39 is 0 Å². The van der Waals surface area contributed by atoms with Crippen molar-refractivity contribution in [2.45, 2.75) is 18.4 Å². The Labute approximate surface area is 131 Å². The van der Waals surface area contributed by atoms with Gasteiger partial charge in [0.25, 0.3) is 0 Å². The summed E-state index contributed by atoms with van der Waals surface area (Å²) >= 11 is 6.05. The summed E-state index contributed by atoms with van der Waals surface area (Å²) in [5, 5.41) is 0.719. The Bertz CT molecular complexity index is 587. The minimum Gasteiger partial charge on any atom is -0.490 e. The summed E-state index contributed by atoms with van der Waals surface area (Å²) in [5.41, 5.74) is 1.34. The second kappa shape index (κ2) is 6.50. The molecular weight excluding hydrogens is 282 g/mol. The van der Waals surface area contributed by atoms with E-state index in [0.717, 1.165) is 30.3 Å². The van der Waals surface area contributed by atoms with Gasteiger partial charge in [0.1, 0.15) is 11.9 Å². The molecule has 3 heteroatoms. The van der Waals surface area contributed by atoms with Gasteiger partial charge in [-0.3, -0.25) is 0 Å². The zero-order valence-corrected chi connectivity index (χ0v) is 13.0. The Balaban J connectivity index is 1.81. The first-order valence-corrected chi connectivity index (χ1v) is 7.76. The highest BCUT2D eigenvalue weighted by atomic mass is 35.5. The van der Waals surface area contributed by atoms with Crippen molar-refractivity contribution >= 4 is 11.6 Å². The van der Waals surface area contributed by atoms with E-state index in [1.165, 1.54) is 5.56 Å². The normalized spacial score (nSPS) is 23.0. The second-order valence-corrected chi connectivity index (χ2v) is 6.12. The number of nitrogens with zero attached hydrogens (tertiary/aromatic N) is 1. The molecule has 0 amide bonds. The van der Waals surface area contributed by atoms with Crippen molar-refractivity contribution in [3.63, 3.8) is 0 Å². The summed E-state index contributed by atoms with van der Waals surface area (Å²) in [5.74, 6) is 1.25. The van der Waals surface area contributed by atoms with Gasteiger partial charge in [0, 0.05) is 24.0 Å². The van der Waals surface area contributed by atoms with Crippen LogP contribution >= 0.6 is 11.6 Å². The van der Waals surface area contributed by atoms with Crippen molar-refractivity contribution < 1.29 is 4.74 Å². The Morgan fingerprint density at radius 1 is 1.10 bits per heavy atom. The van der Waals surface area contributed by atoms with Gasteiger partial charge < -0.3 is 9.64 Å². The smallest absolute Gasteiger partial charge is 0.121 e. The van der Waals surface area contributed by atoms with Crippen LogP contribution in [0.5, 0.6) is 5.75 Å². The number of benzene rings is 2. The topological polar surface area (TPSA) is 12.5 Å². The van der Waals surface area contributed by atoms with E-state index in [2.05, 4.69) is 42.3 Å². The molecule has 2 atom stereocenters. The van der Waals surface area contributed by atoms with Crippen LogP contribution in [0.15, 0.2) is 54.6 Å². The van der Waals surface area contributed by atoms with Crippen LogP contribution in [0.3, 0.4) is 0 Å². The third-order valence-electron chi connectivity index (χ3n) is 4.06. The molecule has 21 heavy (non-hydrogen) atoms. The lowest BCUT2D eigenvalue weighted by molar-refractivity contribution is 0.0902. The van der Waals surface area contributed by atoms with Gasteiger partial charge in [0.15, 0.2) is 0 Å². The van der Waals surface area contributed by atoms with Crippen LogP contribution in [0.1, 0.15) is 17.9 Å². The zero-order chi connectivity index (χ0) is 14.7. The highest BCUT2D eigenvalue weighted by Gasteiger charge is 2.30. The molecule has 0 aromatic heterocycles. The minimum atomic E-state index is 0.196. The van der Waals surface area contributed by atoms with E-state index >= 15 is 0 Å². The van der Waals surface area contributed by atoms with Gasteiger partial charge in [-0.15, -0.1) is 0 Å². The molecule has 1 fully saturated rings. The van der Waals surface area contributed by atoms with Crippen LogP contribution < -0.4 is 4.74 Å². The van der Waals surface area contributed by atoms with Gasteiger partial charge in [-0.25, -0.2) is 0 Å². The van der Waals surface area contributed by atoms with Gasteiger partial charge in [0.2, 0.25) is 0 Å². The molecule has 2 aromatic carbocycles. The Morgan fingerprint density at radius 2 is 1.90 bits per heavy atom. The van der Waals surface area contributed by atoms with E-state index in [-0.39, 0.29) is 6.10 Å². The van der Waals surface area contributed by atoms with Crippen molar-refractivity contribution in [3.05, 3.63) is 65.2 Å². The highest BCUT2D eigenvalue weighted by Crippen LogP contribution is 2.31. The molecule has 0 spiro atoms. The summed E-state index contributed by atoms with van der Waals surface area (Å²) in [6.45, 7) is 2.09. The number of ether oxygens (including phenoxy) is 1. The zero-order valence-electron chi connectivity index (χ0n) is 12.2. The predicted octanol–water partition coefficient (Wildman–Crippen LogP) is 4.21. The fraction of sp³-hybridized carbons (Fsp3) is 0.333. The lowest BCUT2D eigenvalue weighted by Crippen LogP contribution is -2.42. The van der Waals surface area contributed by atoms with E-state index in [1.54, 1.807) is 0 Å². The Kier molecular flexibility index (Phi) is 4.47. The van der Waals surface area contributed by atoms with Gasteiger partial charge in [0.05, 0.1) is 0 Å². The quantitative estimate of drug-likeness (QED) is 0.842.